The number of anilines is 1. The van der Waals surface area contributed by atoms with Crippen LogP contribution in [0.3, 0.4) is 0 Å². The third-order valence-corrected chi connectivity index (χ3v) is 4.28. The molecule has 1 aliphatic heterocycles. The molecule has 3 heterocycles. The molecule has 1 fully saturated rings. The van der Waals surface area contributed by atoms with Crippen LogP contribution in [0.25, 0.3) is 0 Å². The number of piperidine rings is 1. The molecule has 1 aliphatic rings. The van der Waals surface area contributed by atoms with E-state index in [1.807, 2.05) is 18.2 Å². The number of carbonyl (C=O) groups is 1. The van der Waals surface area contributed by atoms with E-state index in [-0.39, 0.29) is 17.4 Å². The molecule has 0 saturated carbocycles. The number of aromatic nitrogens is 3. The largest absolute Gasteiger partial charge is 0.369 e. The van der Waals surface area contributed by atoms with Crippen LogP contribution in [0.15, 0.2) is 41.5 Å². The standard InChI is InChI=1S/C17H21N5O2/c1-21-16(23)9-15(11-20-21)22-8-4-5-13(12-22)17(24)19-10-14-6-2-3-7-18-14/h2-3,6-7,9,11,13H,4-5,8,10,12H2,1H3,(H,19,24)/t13-/m0/s1. The number of nitrogens with one attached hydrogen (secondary N) is 1. The summed E-state index contributed by atoms with van der Waals surface area (Å²) < 4.78 is 1.30. The number of aryl methyl sites for hydroxylation is 1. The van der Waals surface area contributed by atoms with Crippen molar-refractivity contribution in [1.82, 2.24) is 20.1 Å². The highest BCUT2D eigenvalue weighted by atomic mass is 16.2. The molecule has 1 saturated heterocycles. The van der Waals surface area contributed by atoms with Gasteiger partial charge in [0.15, 0.2) is 0 Å². The SMILES string of the molecule is Cn1ncc(N2CCC[C@H](C(=O)NCc3ccccn3)C2)cc1=O. The average Bonchev–Trinajstić information content (AvgIpc) is 2.63. The van der Waals surface area contributed by atoms with Gasteiger partial charge in [-0.2, -0.15) is 5.10 Å². The molecule has 1 N–H and O–H groups in total. The smallest absolute Gasteiger partial charge is 0.268 e. The summed E-state index contributed by atoms with van der Waals surface area (Å²) in [5, 5.41) is 7.01. The van der Waals surface area contributed by atoms with Gasteiger partial charge in [0, 0.05) is 32.4 Å². The van der Waals surface area contributed by atoms with Gasteiger partial charge in [-0.25, -0.2) is 4.68 Å². The van der Waals surface area contributed by atoms with Crippen molar-refractivity contribution < 1.29 is 4.79 Å². The van der Waals surface area contributed by atoms with E-state index < -0.39 is 0 Å². The number of amides is 1. The summed E-state index contributed by atoms with van der Waals surface area (Å²) in [6, 6.07) is 7.21. The highest BCUT2D eigenvalue weighted by Gasteiger charge is 2.26. The molecule has 0 bridgehead atoms. The van der Waals surface area contributed by atoms with E-state index in [9.17, 15) is 9.59 Å². The average molecular weight is 327 g/mol. The van der Waals surface area contributed by atoms with Crippen molar-refractivity contribution >= 4 is 11.6 Å². The molecule has 3 rings (SSSR count). The van der Waals surface area contributed by atoms with Gasteiger partial charge in [0.25, 0.3) is 5.56 Å². The lowest BCUT2D eigenvalue weighted by atomic mass is 9.97. The summed E-state index contributed by atoms with van der Waals surface area (Å²) in [4.78, 5) is 30.4. The molecule has 0 radical (unpaired) electrons. The van der Waals surface area contributed by atoms with Crippen LogP contribution in [0.2, 0.25) is 0 Å². The Hall–Kier alpha value is -2.70. The fourth-order valence-corrected chi connectivity index (χ4v) is 2.88. The van der Waals surface area contributed by atoms with E-state index in [1.54, 1.807) is 25.5 Å². The molecule has 2 aromatic rings. The van der Waals surface area contributed by atoms with Crippen molar-refractivity contribution in [2.24, 2.45) is 13.0 Å². The van der Waals surface area contributed by atoms with Crippen LogP contribution in [-0.2, 0) is 18.4 Å². The Bertz CT molecular complexity index is 759. The quantitative estimate of drug-likeness (QED) is 0.894. The molecule has 24 heavy (non-hydrogen) atoms. The van der Waals surface area contributed by atoms with E-state index in [1.165, 1.54) is 4.68 Å². The van der Waals surface area contributed by atoms with Crippen LogP contribution in [0.4, 0.5) is 5.69 Å². The lowest BCUT2D eigenvalue weighted by Gasteiger charge is -2.33. The Morgan fingerprint density at radius 1 is 1.42 bits per heavy atom. The summed E-state index contributed by atoms with van der Waals surface area (Å²) in [6.07, 6.45) is 5.15. The molecule has 0 aromatic carbocycles. The summed E-state index contributed by atoms with van der Waals surface area (Å²) in [5.74, 6) is -0.0614. The molecular formula is C17H21N5O2. The number of pyridine rings is 1. The van der Waals surface area contributed by atoms with Crippen molar-refractivity contribution in [3.8, 4) is 0 Å². The van der Waals surface area contributed by atoms with Gasteiger partial charge in [0.05, 0.1) is 30.0 Å². The van der Waals surface area contributed by atoms with Gasteiger partial charge in [-0.15, -0.1) is 0 Å². The number of hydrogen-bond acceptors (Lipinski definition) is 5. The van der Waals surface area contributed by atoms with Crippen LogP contribution in [0.5, 0.6) is 0 Å². The molecule has 0 spiro atoms. The lowest BCUT2D eigenvalue weighted by molar-refractivity contribution is -0.125. The van der Waals surface area contributed by atoms with Crippen LogP contribution < -0.4 is 15.8 Å². The summed E-state index contributed by atoms with van der Waals surface area (Å²) >= 11 is 0. The van der Waals surface area contributed by atoms with Crippen LogP contribution in [0.1, 0.15) is 18.5 Å². The molecular weight excluding hydrogens is 306 g/mol. The van der Waals surface area contributed by atoms with Gasteiger partial charge in [-0.05, 0) is 25.0 Å². The Kier molecular flexibility index (Phi) is 4.88. The molecule has 126 valence electrons. The van der Waals surface area contributed by atoms with E-state index in [4.69, 9.17) is 0 Å². The van der Waals surface area contributed by atoms with Crippen molar-refractivity contribution in [3.05, 3.63) is 52.7 Å². The van der Waals surface area contributed by atoms with Gasteiger partial charge in [-0.1, -0.05) is 6.07 Å². The Morgan fingerprint density at radius 3 is 3.04 bits per heavy atom. The first-order valence-electron chi connectivity index (χ1n) is 8.09. The first-order chi connectivity index (χ1) is 11.6. The molecule has 2 aromatic heterocycles. The predicted molar refractivity (Wildman–Crippen MR) is 90.5 cm³/mol. The second-order valence-corrected chi connectivity index (χ2v) is 6.00. The van der Waals surface area contributed by atoms with E-state index in [0.29, 0.717) is 13.1 Å². The normalized spacial score (nSPS) is 17.5. The second-order valence-electron chi connectivity index (χ2n) is 6.00. The van der Waals surface area contributed by atoms with E-state index in [0.717, 1.165) is 30.8 Å². The molecule has 7 nitrogen and oxygen atoms in total. The summed E-state index contributed by atoms with van der Waals surface area (Å²) in [7, 11) is 1.62. The minimum Gasteiger partial charge on any atom is -0.369 e. The molecule has 1 amide bonds. The minimum absolute atomic E-state index is 0.0298. The van der Waals surface area contributed by atoms with Crippen molar-refractivity contribution in [2.45, 2.75) is 19.4 Å². The lowest BCUT2D eigenvalue weighted by Crippen LogP contribution is -2.43. The predicted octanol–water partition coefficient (Wildman–Crippen LogP) is 0.708. The number of carbonyl (C=O) groups excluding carboxylic acids is 1. The third kappa shape index (κ3) is 3.79. The summed E-state index contributed by atoms with van der Waals surface area (Å²) in [6.45, 7) is 1.87. The Labute approximate surface area is 140 Å². The van der Waals surface area contributed by atoms with Crippen molar-refractivity contribution in [2.75, 3.05) is 18.0 Å². The van der Waals surface area contributed by atoms with Gasteiger partial charge < -0.3 is 10.2 Å². The second kappa shape index (κ2) is 7.25. The van der Waals surface area contributed by atoms with Crippen molar-refractivity contribution in [1.29, 1.82) is 0 Å². The van der Waals surface area contributed by atoms with Crippen LogP contribution >= 0.6 is 0 Å². The number of rotatable bonds is 4. The maximum Gasteiger partial charge on any atom is 0.268 e. The fraction of sp³-hybridized carbons (Fsp3) is 0.412. The van der Waals surface area contributed by atoms with Crippen LogP contribution in [0, 0.1) is 5.92 Å². The van der Waals surface area contributed by atoms with Gasteiger partial charge in [-0.3, -0.25) is 14.6 Å². The third-order valence-electron chi connectivity index (χ3n) is 4.28. The number of nitrogens with zero attached hydrogens (tertiary/aromatic N) is 4. The highest BCUT2D eigenvalue weighted by Crippen LogP contribution is 2.21. The Balaban J connectivity index is 1.61. The topological polar surface area (TPSA) is 80.1 Å². The van der Waals surface area contributed by atoms with Gasteiger partial charge >= 0.3 is 0 Å². The van der Waals surface area contributed by atoms with E-state index >= 15 is 0 Å². The first-order valence-corrected chi connectivity index (χ1v) is 8.09. The molecule has 0 unspecified atom stereocenters. The molecule has 0 aliphatic carbocycles. The van der Waals surface area contributed by atoms with Crippen LogP contribution in [-0.4, -0.2) is 33.8 Å². The molecule has 1 atom stereocenters. The Morgan fingerprint density at radius 2 is 2.29 bits per heavy atom. The highest BCUT2D eigenvalue weighted by molar-refractivity contribution is 5.79. The van der Waals surface area contributed by atoms with E-state index in [2.05, 4.69) is 20.3 Å². The zero-order chi connectivity index (χ0) is 16.9. The zero-order valence-corrected chi connectivity index (χ0v) is 13.7. The minimum atomic E-state index is -0.144. The summed E-state index contributed by atoms with van der Waals surface area (Å²) in [5.41, 5.74) is 1.48. The molecule has 7 heteroatoms. The first kappa shape index (κ1) is 16.2. The van der Waals surface area contributed by atoms with Crippen molar-refractivity contribution in [3.63, 3.8) is 0 Å². The fourth-order valence-electron chi connectivity index (χ4n) is 2.88. The van der Waals surface area contributed by atoms with Gasteiger partial charge in [0.2, 0.25) is 5.91 Å². The monoisotopic (exact) mass is 327 g/mol. The maximum atomic E-state index is 12.4. The number of hydrogen-bond donors (Lipinski definition) is 1. The van der Waals surface area contributed by atoms with Gasteiger partial charge in [0.1, 0.15) is 0 Å². The maximum absolute atomic E-state index is 12.4. The zero-order valence-electron chi connectivity index (χ0n) is 13.7.